The Morgan fingerprint density at radius 2 is 1.97 bits per heavy atom. The SMILES string of the molecule is Cc1ccccc1C(=O)N(CC(=O)N1CCc2sccc2[C@@H]1COc1ccc(Cl)cc1)C[C@H]1CCCO1. The molecule has 0 unspecified atom stereocenters. The zero-order valence-corrected chi connectivity index (χ0v) is 22.5. The average molecular weight is 539 g/mol. The van der Waals surface area contributed by atoms with Crippen LogP contribution in [0.1, 0.15) is 45.2 Å². The van der Waals surface area contributed by atoms with Gasteiger partial charge in [0.1, 0.15) is 18.9 Å². The maximum Gasteiger partial charge on any atom is 0.254 e. The fourth-order valence-electron chi connectivity index (χ4n) is 5.07. The Kier molecular flexibility index (Phi) is 8.13. The lowest BCUT2D eigenvalue weighted by molar-refractivity contribution is -0.135. The molecule has 0 spiro atoms. The Morgan fingerprint density at radius 1 is 1.16 bits per heavy atom. The number of hydrogen-bond acceptors (Lipinski definition) is 5. The minimum absolute atomic E-state index is 0.00391. The zero-order chi connectivity index (χ0) is 25.8. The first-order valence-corrected chi connectivity index (χ1v) is 14.0. The number of ether oxygens (including phenoxy) is 2. The van der Waals surface area contributed by atoms with Crippen molar-refractivity contribution in [1.29, 1.82) is 0 Å². The second kappa shape index (κ2) is 11.7. The fourth-order valence-corrected chi connectivity index (χ4v) is 6.13. The Morgan fingerprint density at radius 3 is 2.73 bits per heavy atom. The minimum atomic E-state index is -0.226. The number of carbonyl (C=O) groups excluding carboxylic acids is 2. The molecule has 3 heterocycles. The van der Waals surface area contributed by atoms with Gasteiger partial charge in [0.15, 0.2) is 0 Å². The van der Waals surface area contributed by atoms with Crippen LogP contribution in [-0.4, -0.2) is 60.6 Å². The van der Waals surface area contributed by atoms with Crippen molar-refractivity contribution in [2.24, 2.45) is 0 Å². The van der Waals surface area contributed by atoms with E-state index in [-0.39, 0.29) is 30.5 Å². The van der Waals surface area contributed by atoms with Crippen molar-refractivity contribution >= 4 is 34.8 Å². The molecule has 37 heavy (non-hydrogen) atoms. The van der Waals surface area contributed by atoms with Crippen LogP contribution < -0.4 is 4.74 Å². The molecular formula is C29H31ClN2O4S. The first-order valence-electron chi connectivity index (χ1n) is 12.7. The van der Waals surface area contributed by atoms with Gasteiger partial charge in [0.25, 0.3) is 5.91 Å². The molecule has 6 nitrogen and oxygen atoms in total. The summed E-state index contributed by atoms with van der Waals surface area (Å²) in [4.78, 5) is 32.3. The summed E-state index contributed by atoms with van der Waals surface area (Å²) < 4.78 is 11.9. The summed E-state index contributed by atoms with van der Waals surface area (Å²) in [5, 5.41) is 2.71. The Bertz CT molecular complexity index is 1240. The van der Waals surface area contributed by atoms with E-state index in [0.29, 0.717) is 42.6 Å². The quantitative estimate of drug-likeness (QED) is 0.378. The molecule has 0 bridgehead atoms. The summed E-state index contributed by atoms with van der Waals surface area (Å²) in [6.45, 7) is 3.95. The van der Waals surface area contributed by atoms with Gasteiger partial charge in [-0.1, -0.05) is 29.8 Å². The van der Waals surface area contributed by atoms with Crippen molar-refractivity contribution in [2.45, 2.75) is 38.3 Å². The molecule has 2 aliphatic rings. The monoisotopic (exact) mass is 538 g/mol. The van der Waals surface area contributed by atoms with E-state index in [2.05, 4.69) is 11.4 Å². The van der Waals surface area contributed by atoms with Crippen molar-refractivity contribution < 1.29 is 19.1 Å². The summed E-state index contributed by atoms with van der Waals surface area (Å²) in [7, 11) is 0. The molecule has 1 fully saturated rings. The predicted octanol–water partition coefficient (Wildman–Crippen LogP) is 5.54. The van der Waals surface area contributed by atoms with Crippen molar-refractivity contribution in [2.75, 3.05) is 32.8 Å². The fraction of sp³-hybridized carbons (Fsp3) is 0.379. The van der Waals surface area contributed by atoms with Gasteiger partial charge in [-0.25, -0.2) is 0 Å². The second-order valence-electron chi connectivity index (χ2n) is 9.55. The van der Waals surface area contributed by atoms with Crippen molar-refractivity contribution in [3.63, 3.8) is 0 Å². The van der Waals surface area contributed by atoms with Gasteiger partial charge in [0, 0.05) is 35.2 Å². The highest BCUT2D eigenvalue weighted by Crippen LogP contribution is 2.34. The van der Waals surface area contributed by atoms with Crippen LogP contribution in [-0.2, 0) is 16.0 Å². The van der Waals surface area contributed by atoms with Gasteiger partial charge in [-0.15, -0.1) is 11.3 Å². The summed E-state index contributed by atoms with van der Waals surface area (Å²) in [5.74, 6) is 0.486. The van der Waals surface area contributed by atoms with Gasteiger partial charge >= 0.3 is 0 Å². The number of thiophene rings is 1. The average Bonchev–Trinajstić information content (AvgIpc) is 3.60. The van der Waals surface area contributed by atoms with E-state index in [4.69, 9.17) is 21.1 Å². The highest BCUT2D eigenvalue weighted by atomic mass is 35.5. The Balaban J connectivity index is 1.36. The maximum absolute atomic E-state index is 13.8. The van der Waals surface area contributed by atoms with E-state index in [1.807, 2.05) is 48.2 Å². The van der Waals surface area contributed by atoms with Gasteiger partial charge in [-0.05, 0) is 79.1 Å². The highest BCUT2D eigenvalue weighted by Gasteiger charge is 2.34. The third-order valence-corrected chi connectivity index (χ3v) is 8.32. The minimum Gasteiger partial charge on any atom is -0.491 e. The van der Waals surface area contributed by atoms with Gasteiger partial charge in [-0.2, -0.15) is 0 Å². The Labute approximate surface area is 226 Å². The van der Waals surface area contributed by atoms with Crippen LogP contribution in [0.15, 0.2) is 60.0 Å². The topological polar surface area (TPSA) is 59.1 Å². The number of amides is 2. The van der Waals surface area contributed by atoms with Crippen LogP contribution in [0.25, 0.3) is 0 Å². The molecule has 1 aromatic heterocycles. The number of rotatable bonds is 8. The van der Waals surface area contributed by atoms with Crippen LogP contribution in [0.5, 0.6) is 5.75 Å². The molecule has 0 aliphatic carbocycles. The van der Waals surface area contributed by atoms with Crippen molar-refractivity contribution in [3.8, 4) is 5.75 Å². The van der Waals surface area contributed by atoms with Crippen LogP contribution in [0.2, 0.25) is 5.02 Å². The molecule has 2 atom stereocenters. The molecule has 2 aromatic carbocycles. The third-order valence-electron chi connectivity index (χ3n) is 7.07. The van der Waals surface area contributed by atoms with Gasteiger partial charge in [0.05, 0.1) is 12.1 Å². The number of hydrogen-bond donors (Lipinski definition) is 0. The molecule has 0 saturated carbocycles. The highest BCUT2D eigenvalue weighted by molar-refractivity contribution is 7.10. The van der Waals surface area contributed by atoms with Crippen LogP contribution >= 0.6 is 22.9 Å². The first-order chi connectivity index (χ1) is 18.0. The molecule has 8 heteroatoms. The smallest absolute Gasteiger partial charge is 0.254 e. The van der Waals surface area contributed by atoms with Crippen LogP contribution in [0.3, 0.4) is 0 Å². The lowest BCUT2D eigenvalue weighted by atomic mass is 10.00. The van der Waals surface area contributed by atoms with E-state index >= 15 is 0 Å². The van der Waals surface area contributed by atoms with E-state index in [1.165, 1.54) is 4.88 Å². The normalized spacial score (nSPS) is 18.9. The zero-order valence-electron chi connectivity index (χ0n) is 20.9. The number of benzene rings is 2. The summed E-state index contributed by atoms with van der Waals surface area (Å²) >= 11 is 7.73. The Hall–Kier alpha value is -2.87. The summed E-state index contributed by atoms with van der Waals surface area (Å²) in [5.41, 5.74) is 2.64. The summed E-state index contributed by atoms with van der Waals surface area (Å²) in [6, 6.07) is 16.6. The number of halogens is 1. The van der Waals surface area contributed by atoms with Gasteiger partial charge < -0.3 is 19.3 Å². The largest absolute Gasteiger partial charge is 0.491 e. The molecule has 5 rings (SSSR count). The lowest BCUT2D eigenvalue weighted by Crippen LogP contribution is -2.49. The van der Waals surface area contributed by atoms with E-state index in [1.54, 1.807) is 28.4 Å². The molecule has 1 saturated heterocycles. The lowest BCUT2D eigenvalue weighted by Gasteiger charge is -2.37. The maximum atomic E-state index is 13.8. The van der Waals surface area contributed by atoms with E-state index < -0.39 is 0 Å². The number of nitrogens with zero attached hydrogens (tertiary/aromatic N) is 2. The van der Waals surface area contributed by atoms with Crippen molar-refractivity contribution in [3.05, 3.63) is 86.6 Å². The second-order valence-corrected chi connectivity index (χ2v) is 11.0. The number of fused-ring (bicyclic) bond motifs is 1. The molecule has 3 aromatic rings. The molecular weight excluding hydrogens is 508 g/mol. The third kappa shape index (κ3) is 6.00. The van der Waals surface area contributed by atoms with Crippen molar-refractivity contribution in [1.82, 2.24) is 9.80 Å². The van der Waals surface area contributed by atoms with Gasteiger partial charge in [-0.3, -0.25) is 9.59 Å². The van der Waals surface area contributed by atoms with E-state index in [9.17, 15) is 9.59 Å². The van der Waals surface area contributed by atoms with E-state index in [0.717, 1.165) is 30.4 Å². The van der Waals surface area contributed by atoms with Crippen LogP contribution in [0, 0.1) is 6.92 Å². The number of aryl methyl sites for hydroxylation is 1. The standard InChI is InChI=1S/C29H31ClN2O4S/c1-20-5-2-3-7-24(20)29(34)31(17-23-6-4-15-35-23)18-28(33)32-14-12-27-25(13-16-37-27)26(32)19-36-22-10-8-21(30)9-11-22/h2-3,5,7-11,13,16,23,26H,4,6,12,14-15,17-19H2,1H3/t23-,26+/m1/s1. The number of carbonyl (C=O) groups is 2. The first kappa shape index (κ1) is 25.8. The van der Waals surface area contributed by atoms with Gasteiger partial charge in [0.2, 0.25) is 5.91 Å². The molecule has 2 amide bonds. The molecule has 0 N–H and O–H groups in total. The van der Waals surface area contributed by atoms with Crippen LogP contribution in [0.4, 0.5) is 0 Å². The molecule has 194 valence electrons. The molecule has 0 radical (unpaired) electrons. The summed E-state index contributed by atoms with van der Waals surface area (Å²) in [6.07, 6.45) is 2.62. The molecule has 2 aliphatic heterocycles. The predicted molar refractivity (Wildman–Crippen MR) is 145 cm³/mol.